The van der Waals surface area contributed by atoms with E-state index in [1.807, 2.05) is 26.0 Å². The molecule has 2 rings (SSSR count). The van der Waals surface area contributed by atoms with E-state index >= 15 is 0 Å². The van der Waals surface area contributed by atoms with Crippen molar-refractivity contribution in [3.8, 4) is 5.75 Å². The van der Waals surface area contributed by atoms with Gasteiger partial charge in [-0.15, -0.1) is 10.2 Å². The van der Waals surface area contributed by atoms with E-state index in [2.05, 4.69) is 10.2 Å². The maximum atomic E-state index is 10.6. The summed E-state index contributed by atoms with van der Waals surface area (Å²) in [5.41, 5.74) is 0.932. The summed E-state index contributed by atoms with van der Waals surface area (Å²) in [4.78, 5) is 10.6. The Morgan fingerprint density at radius 3 is 2.86 bits per heavy atom. The number of nitrogens with zero attached hydrogens (tertiary/aromatic N) is 3. The zero-order valence-corrected chi connectivity index (χ0v) is 14.0. The fourth-order valence-corrected chi connectivity index (χ4v) is 2.79. The van der Waals surface area contributed by atoms with Gasteiger partial charge in [0.05, 0.1) is 5.75 Å². The highest BCUT2D eigenvalue weighted by Crippen LogP contribution is 2.27. The summed E-state index contributed by atoms with van der Waals surface area (Å²) in [6.07, 6.45) is -0.323. The molecule has 0 bridgehead atoms. The van der Waals surface area contributed by atoms with Gasteiger partial charge in [0.1, 0.15) is 5.75 Å². The van der Waals surface area contributed by atoms with E-state index in [0.29, 0.717) is 16.0 Å². The first kappa shape index (κ1) is 16.6. The molecular weight excluding hydrogens is 326 g/mol. The van der Waals surface area contributed by atoms with Crippen LogP contribution < -0.4 is 4.74 Å². The molecule has 1 atom stereocenters. The van der Waals surface area contributed by atoms with Crippen molar-refractivity contribution in [2.24, 2.45) is 7.05 Å². The van der Waals surface area contributed by atoms with Crippen molar-refractivity contribution < 1.29 is 14.6 Å². The number of hydrogen-bond acceptors (Lipinski definition) is 5. The lowest BCUT2D eigenvalue weighted by Gasteiger charge is -2.16. The Balaban J connectivity index is 2.12. The number of aromatic nitrogens is 3. The molecule has 0 aliphatic carbocycles. The molecule has 0 saturated carbocycles. The first-order valence-electron chi connectivity index (χ1n) is 6.55. The van der Waals surface area contributed by atoms with Crippen LogP contribution in [0.3, 0.4) is 0 Å². The van der Waals surface area contributed by atoms with Gasteiger partial charge in [0.15, 0.2) is 17.1 Å². The molecule has 0 saturated heterocycles. The molecule has 0 radical (unpaired) electrons. The average molecular weight is 342 g/mol. The van der Waals surface area contributed by atoms with Crippen LogP contribution in [0.5, 0.6) is 5.75 Å². The number of hydrogen-bond donors (Lipinski definition) is 1. The number of carbonyl (C=O) groups is 1. The van der Waals surface area contributed by atoms with Gasteiger partial charge in [-0.25, -0.2) is 0 Å². The quantitative estimate of drug-likeness (QED) is 0.813. The summed E-state index contributed by atoms with van der Waals surface area (Å²) in [6, 6.07) is 5.40. The number of benzene rings is 1. The fourth-order valence-electron chi connectivity index (χ4n) is 1.92. The molecule has 0 spiro atoms. The Morgan fingerprint density at radius 2 is 2.23 bits per heavy atom. The van der Waals surface area contributed by atoms with Gasteiger partial charge in [0, 0.05) is 12.1 Å². The minimum atomic E-state index is -0.893. The number of aryl methyl sites for hydroxylation is 1. The van der Waals surface area contributed by atoms with E-state index in [1.54, 1.807) is 17.7 Å². The van der Waals surface area contributed by atoms with Gasteiger partial charge in [-0.3, -0.25) is 4.79 Å². The number of aliphatic carboxylic acids is 1. The highest BCUT2D eigenvalue weighted by atomic mass is 35.5. The van der Waals surface area contributed by atoms with Crippen LogP contribution >= 0.6 is 23.4 Å². The number of ether oxygens (including phenoxy) is 1. The first-order chi connectivity index (χ1) is 10.4. The molecule has 0 aliphatic rings. The fraction of sp³-hybridized carbons (Fsp3) is 0.357. The van der Waals surface area contributed by atoms with Gasteiger partial charge in [-0.1, -0.05) is 23.4 Å². The molecule has 118 valence electrons. The number of carboxylic acid groups (broad SMARTS) is 1. The maximum absolute atomic E-state index is 10.6. The average Bonchev–Trinajstić information content (AvgIpc) is 2.81. The Hall–Kier alpha value is -1.73. The van der Waals surface area contributed by atoms with Crippen molar-refractivity contribution in [1.82, 2.24) is 14.8 Å². The normalized spacial score (nSPS) is 12.2. The molecule has 0 aliphatic heterocycles. The van der Waals surface area contributed by atoms with Crippen molar-refractivity contribution in [2.75, 3.05) is 5.75 Å². The van der Waals surface area contributed by atoms with Gasteiger partial charge < -0.3 is 14.4 Å². The lowest BCUT2D eigenvalue weighted by molar-refractivity contribution is -0.133. The molecule has 1 unspecified atom stereocenters. The van der Waals surface area contributed by atoms with Crippen LogP contribution in [0.2, 0.25) is 5.02 Å². The summed E-state index contributed by atoms with van der Waals surface area (Å²) >= 11 is 7.05. The van der Waals surface area contributed by atoms with Gasteiger partial charge in [-0.2, -0.15) is 0 Å². The summed E-state index contributed by atoms with van der Waals surface area (Å²) in [7, 11) is 1.79. The third-order valence-electron chi connectivity index (χ3n) is 3.00. The molecule has 1 aromatic heterocycles. The predicted molar refractivity (Wildman–Crippen MR) is 84.6 cm³/mol. The van der Waals surface area contributed by atoms with Crippen molar-refractivity contribution in [2.45, 2.75) is 25.1 Å². The predicted octanol–water partition coefficient (Wildman–Crippen LogP) is 3.09. The molecule has 0 fully saturated rings. The molecule has 1 heterocycles. The van der Waals surface area contributed by atoms with Crippen LogP contribution in [0, 0.1) is 6.92 Å². The van der Waals surface area contributed by atoms with E-state index in [-0.39, 0.29) is 11.9 Å². The Kier molecular flexibility index (Phi) is 5.31. The molecule has 8 heteroatoms. The smallest absolute Gasteiger partial charge is 0.313 e. The highest BCUT2D eigenvalue weighted by molar-refractivity contribution is 7.99. The Labute approximate surface area is 137 Å². The summed E-state index contributed by atoms with van der Waals surface area (Å²) in [6.45, 7) is 3.78. The van der Waals surface area contributed by atoms with E-state index in [9.17, 15) is 4.79 Å². The van der Waals surface area contributed by atoms with Gasteiger partial charge in [0.2, 0.25) is 0 Å². The Bertz CT molecular complexity index is 690. The van der Waals surface area contributed by atoms with Crippen LogP contribution in [0.25, 0.3) is 0 Å². The number of carboxylic acids is 1. The number of halogens is 1. The van der Waals surface area contributed by atoms with Crippen LogP contribution in [0.1, 0.15) is 24.4 Å². The van der Waals surface area contributed by atoms with Crippen LogP contribution in [0.4, 0.5) is 0 Å². The van der Waals surface area contributed by atoms with E-state index in [1.165, 1.54) is 0 Å². The van der Waals surface area contributed by atoms with Crippen LogP contribution in [-0.4, -0.2) is 31.6 Å². The van der Waals surface area contributed by atoms with Gasteiger partial charge >= 0.3 is 5.97 Å². The zero-order valence-electron chi connectivity index (χ0n) is 12.4. The second-order valence-electron chi connectivity index (χ2n) is 4.75. The standard InChI is InChI=1S/C14H16ClN3O3S/c1-8-6-10(15)4-5-11(8)21-9(2)13-16-17-14(18(13)3)22-7-12(19)20/h4-6,9H,7H2,1-3H3,(H,19,20). The van der Waals surface area contributed by atoms with Gasteiger partial charge in [0.25, 0.3) is 0 Å². The second kappa shape index (κ2) is 7.02. The summed E-state index contributed by atoms with van der Waals surface area (Å²) in [5, 5.41) is 18.0. The topological polar surface area (TPSA) is 77.2 Å². The Morgan fingerprint density at radius 1 is 1.50 bits per heavy atom. The van der Waals surface area contributed by atoms with E-state index in [0.717, 1.165) is 23.1 Å². The SMILES string of the molecule is Cc1cc(Cl)ccc1OC(C)c1nnc(SCC(=O)O)n1C. The molecular formula is C14H16ClN3O3S. The molecule has 22 heavy (non-hydrogen) atoms. The first-order valence-corrected chi connectivity index (χ1v) is 7.91. The van der Waals surface area contributed by atoms with E-state index in [4.69, 9.17) is 21.4 Å². The molecule has 6 nitrogen and oxygen atoms in total. The molecule has 1 aromatic carbocycles. The second-order valence-corrected chi connectivity index (χ2v) is 6.13. The minimum absolute atomic E-state index is 0.0580. The third-order valence-corrected chi connectivity index (χ3v) is 4.24. The molecule has 1 N–H and O–H groups in total. The van der Waals surface area contributed by atoms with E-state index < -0.39 is 5.97 Å². The van der Waals surface area contributed by atoms with Crippen LogP contribution in [0.15, 0.2) is 23.4 Å². The van der Waals surface area contributed by atoms with Crippen LogP contribution in [-0.2, 0) is 11.8 Å². The molecule has 0 amide bonds. The van der Waals surface area contributed by atoms with Crippen molar-refractivity contribution >= 4 is 29.3 Å². The van der Waals surface area contributed by atoms with Crippen molar-refractivity contribution in [3.05, 3.63) is 34.6 Å². The zero-order chi connectivity index (χ0) is 16.3. The van der Waals surface area contributed by atoms with Gasteiger partial charge in [-0.05, 0) is 37.6 Å². The third kappa shape index (κ3) is 3.92. The number of rotatable bonds is 6. The summed E-state index contributed by atoms with van der Waals surface area (Å²) < 4.78 is 7.64. The van der Waals surface area contributed by atoms with Crippen molar-refractivity contribution in [3.63, 3.8) is 0 Å². The molecule has 2 aromatic rings. The lowest BCUT2D eigenvalue weighted by Crippen LogP contribution is -2.11. The highest BCUT2D eigenvalue weighted by Gasteiger charge is 2.18. The maximum Gasteiger partial charge on any atom is 0.313 e. The number of thioether (sulfide) groups is 1. The monoisotopic (exact) mass is 341 g/mol. The minimum Gasteiger partial charge on any atom is -0.482 e. The lowest BCUT2D eigenvalue weighted by atomic mass is 10.2. The van der Waals surface area contributed by atoms with Crippen molar-refractivity contribution in [1.29, 1.82) is 0 Å². The largest absolute Gasteiger partial charge is 0.482 e. The summed E-state index contributed by atoms with van der Waals surface area (Å²) in [5.74, 6) is 0.398.